The number of aryl methyl sites for hydroxylation is 2. The molecule has 0 radical (unpaired) electrons. The topological polar surface area (TPSA) is 69.2 Å². The van der Waals surface area contributed by atoms with E-state index in [9.17, 15) is 9.90 Å². The zero-order valence-corrected chi connectivity index (χ0v) is 17.7. The van der Waals surface area contributed by atoms with Crippen LogP contribution in [0.3, 0.4) is 0 Å². The second kappa shape index (κ2) is 7.10. The minimum atomic E-state index is -0.772. The molecule has 6 heteroatoms. The van der Waals surface area contributed by atoms with Crippen LogP contribution in [0.2, 0.25) is 0 Å². The molecule has 1 saturated carbocycles. The van der Waals surface area contributed by atoms with Crippen LogP contribution in [0.4, 0.5) is 0 Å². The lowest BCUT2D eigenvalue weighted by Gasteiger charge is -2.28. The fourth-order valence-electron chi connectivity index (χ4n) is 3.83. The zero-order chi connectivity index (χ0) is 20.1. The zero-order valence-electron chi connectivity index (χ0n) is 16.9. The second-order valence-corrected chi connectivity index (χ2v) is 9.47. The Morgan fingerprint density at radius 3 is 2.68 bits per heavy atom. The number of H-pyrrole nitrogens is 1. The quantitative estimate of drug-likeness (QED) is 0.660. The number of aromatic amines is 1. The Balaban J connectivity index is 1.69. The highest BCUT2D eigenvalue weighted by molar-refractivity contribution is 7.17. The first kappa shape index (κ1) is 19.3. The number of thiophene rings is 1. The van der Waals surface area contributed by atoms with Gasteiger partial charge in [0.1, 0.15) is 10.7 Å². The Morgan fingerprint density at radius 1 is 1.29 bits per heavy atom. The van der Waals surface area contributed by atoms with Gasteiger partial charge in [0.2, 0.25) is 0 Å². The molecule has 1 aliphatic carbocycles. The molecule has 5 nitrogen and oxygen atoms in total. The van der Waals surface area contributed by atoms with Crippen LogP contribution in [0.15, 0.2) is 28.4 Å². The average Bonchev–Trinajstić information content (AvgIpc) is 3.34. The highest BCUT2D eigenvalue weighted by Crippen LogP contribution is 2.34. The second-order valence-electron chi connectivity index (χ2n) is 8.61. The molecule has 1 fully saturated rings. The Morgan fingerprint density at radius 2 is 2.04 bits per heavy atom. The minimum absolute atomic E-state index is 0.0877. The summed E-state index contributed by atoms with van der Waals surface area (Å²) in [7, 11) is 0. The first-order valence-corrected chi connectivity index (χ1v) is 10.6. The SMILES string of the molecule is Cc1ccc(-c2csc3nc(CN(CC(C)(C)O)C4CC4)[nH]c(=O)c23)c(C)c1. The predicted molar refractivity (Wildman–Crippen MR) is 115 cm³/mol. The lowest BCUT2D eigenvalue weighted by Crippen LogP contribution is -2.40. The minimum Gasteiger partial charge on any atom is -0.389 e. The fourth-order valence-corrected chi connectivity index (χ4v) is 4.78. The summed E-state index contributed by atoms with van der Waals surface area (Å²) in [4.78, 5) is 23.7. The normalized spacial score (nSPS) is 14.9. The molecule has 0 aliphatic heterocycles. The predicted octanol–water partition coefficient (Wildman–Crippen LogP) is 4.00. The van der Waals surface area contributed by atoms with Crippen LogP contribution < -0.4 is 5.56 Å². The van der Waals surface area contributed by atoms with Gasteiger partial charge in [-0.05, 0) is 51.7 Å². The molecule has 148 valence electrons. The molecule has 28 heavy (non-hydrogen) atoms. The molecule has 0 saturated heterocycles. The Hall–Kier alpha value is -2.02. The van der Waals surface area contributed by atoms with Gasteiger partial charge < -0.3 is 10.1 Å². The van der Waals surface area contributed by atoms with Crippen LogP contribution in [-0.4, -0.2) is 38.2 Å². The molecule has 3 aromatic rings. The van der Waals surface area contributed by atoms with Crippen LogP contribution in [0, 0.1) is 13.8 Å². The maximum atomic E-state index is 12.9. The maximum absolute atomic E-state index is 12.9. The highest BCUT2D eigenvalue weighted by Gasteiger charge is 2.32. The molecule has 2 aromatic heterocycles. The Labute approximate surface area is 169 Å². The standard InChI is InChI=1S/C22H27N3O2S/c1-13-5-8-16(14(2)9-13)17-11-28-21-19(17)20(26)23-18(24-21)10-25(15-6-7-15)12-22(3,4)27/h5,8-9,11,15,27H,6-7,10,12H2,1-4H3,(H,23,24,26). The van der Waals surface area contributed by atoms with Crippen molar-refractivity contribution in [1.82, 2.24) is 14.9 Å². The van der Waals surface area contributed by atoms with Crippen molar-refractivity contribution in [3.05, 3.63) is 50.9 Å². The van der Waals surface area contributed by atoms with Crippen LogP contribution in [0.1, 0.15) is 43.6 Å². The fraction of sp³-hybridized carbons (Fsp3) is 0.455. The molecule has 0 spiro atoms. The van der Waals surface area contributed by atoms with E-state index in [0.717, 1.165) is 34.4 Å². The average molecular weight is 398 g/mol. The lowest BCUT2D eigenvalue weighted by atomic mass is 9.99. The van der Waals surface area contributed by atoms with Gasteiger partial charge in [0, 0.05) is 23.5 Å². The van der Waals surface area contributed by atoms with Gasteiger partial charge in [-0.3, -0.25) is 9.69 Å². The van der Waals surface area contributed by atoms with Crippen molar-refractivity contribution in [3.63, 3.8) is 0 Å². The summed E-state index contributed by atoms with van der Waals surface area (Å²) in [6.07, 6.45) is 2.27. The molecule has 0 bridgehead atoms. The largest absolute Gasteiger partial charge is 0.389 e. The van der Waals surface area contributed by atoms with Gasteiger partial charge in [-0.2, -0.15) is 0 Å². The maximum Gasteiger partial charge on any atom is 0.260 e. The molecule has 4 rings (SSSR count). The number of rotatable bonds is 6. The van der Waals surface area contributed by atoms with Gasteiger partial charge in [-0.25, -0.2) is 4.98 Å². The molecule has 2 heterocycles. The van der Waals surface area contributed by atoms with E-state index in [2.05, 4.69) is 41.9 Å². The number of fused-ring (bicyclic) bond motifs is 1. The first-order valence-electron chi connectivity index (χ1n) is 9.76. The van der Waals surface area contributed by atoms with E-state index in [1.165, 1.54) is 16.9 Å². The van der Waals surface area contributed by atoms with E-state index in [1.54, 1.807) is 0 Å². The van der Waals surface area contributed by atoms with Crippen molar-refractivity contribution >= 4 is 21.6 Å². The van der Waals surface area contributed by atoms with Gasteiger partial charge in [0.15, 0.2) is 0 Å². The summed E-state index contributed by atoms with van der Waals surface area (Å²) in [5, 5.41) is 12.9. The van der Waals surface area contributed by atoms with E-state index in [1.807, 2.05) is 19.2 Å². The molecule has 0 amide bonds. The van der Waals surface area contributed by atoms with Crippen molar-refractivity contribution in [2.24, 2.45) is 0 Å². The third kappa shape index (κ3) is 4.04. The third-order valence-electron chi connectivity index (χ3n) is 5.17. The summed E-state index contributed by atoms with van der Waals surface area (Å²) < 4.78 is 0. The molecular formula is C22H27N3O2S. The number of nitrogens with one attached hydrogen (secondary N) is 1. The number of aromatic nitrogens is 2. The summed E-state index contributed by atoms with van der Waals surface area (Å²) >= 11 is 1.52. The van der Waals surface area contributed by atoms with Gasteiger partial charge in [0.05, 0.1) is 17.5 Å². The van der Waals surface area contributed by atoms with Crippen molar-refractivity contribution in [2.45, 2.75) is 58.7 Å². The summed E-state index contributed by atoms with van der Waals surface area (Å²) in [5.74, 6) is 0.669. The number of hydrogen-bond acceptors (Lipinski definition) is 5. The van der Waals surface area contributed by atoms with Crippen molar-refractivity contribution in [1.29, 1.82) is 0 Å². The summed E-state index contributed by atoms with van der Waals surface area (Å²) in [6.45, 7) is 8.90. The van der Waals surface area contributed by atoms with Crippen molar-refractivity contribution < 1.29 is 5.11 Å². The number of nitrogens with zero attached hydrogens (tertiary/aromatic N) is 2. The van der Waals surface area contributed by atoms with Gasteiger partial charge in [-0.1, -0.05) is 23.8 Å². The molecule has 1 aromatic carbocycles. The molecule has 0 unspecified atom stereocenters. The van der Waals surface area contributed by atoms with Crippen LogP contribution in [-0.2, 0) is 6.54 Å². The molecule has 1 aliphatic rings. The number of benzene rings is 1. The van der Waals surface area contributed by atoms with Crippen LogP contribution >= 0.6 is 11.3 Å². The van der Waals surface area contributed by atoms with Crippen LogP contribution in [0.5, 0.6) is 0 Å². The number of hydrogen-bond donors (Lipinski definition) is 2. The third-order valence-corrected chi connectivity index (χ3v) is 6.04. The van der Waals surface area contributed by atoms with Crippen molar-refractivity contribution in [3.8, 4) is 11.1 Å². The van der Waals surface area contributed by atoms with E-state index in [4.69, 9.17) is 4.98 Å². The lowest BCUT2D eigenvalue weighted by molar-refractivity contribution is 0.0296. The van der Waals surface area contributed by atoms with Crippen molar-refractivity contribution in [2.75, 3.05) is 6.54 Å². The summed E-state index contributed by atoms with van der Waals surface area (Å²) in [6, 6.07) is 6.77. The van der Waals surface area contributed by atoms with E-state index in [-0.39, 0.29) is 5.56 Å². The van der Waals surface area contributed by atoms with Gasteiger partial charge in [-0.15, -0.1) is 11.3 Å². The highest BCUT2D eigenvalue weighted by atomic mass is 32.1. The van der Waals surface area contributed by atoms with E-state index in [0.29, 0.717) is 30.3 Å². The van der Waals surface area contributed by atoms with E-state index < -0.39 is 5.60 Å². The molecule has 2 N–H and O–H groups in total. The smallest absolute Gasteiger partial charge is 0.260 e. The monoisotopic (exact) mass is 397 g/mol. The molecular weight excluding hydrogens is 370 g/mol. The summed E-state index contributed by atoms with van der Waals surface area (Å²) in [5.41, 5.74) is 3.55. The Bertz CT molecular complexity index is 1070. The van der Waals surface area contributed by atoms with Gasteiger partial charge in [0.25, 0.3) is 5.56 Å². The number of aliphatic hydroxyl groups is 1. The van der Waals surface area contributed by atoms with Crippen LogP contribution in [0.25, 0.3) is 21.3 Å². The molecule has 0 atom stereocenters. The van der Waals surface area contributed by atoms with Gasteiger partial charge >= 0.3 is 0 Å². The first-order chi connectivity index (χ1) is 13.2. The Kier molecular flexibility index (Phi) is 4.89. The van der Waals surface area contributed by atoms with E-state index >= 15 is 0 Å².